The molecule has 0 spiro atoms. The standard InChI is InChI=1S/C21H20N2OS.2C2H6/c1-15(16-8-4-2-5-9-16)18-14-22-20(25-18)23-19(24)21(12-13-21)17-10-6-3-7-11-17;2*1-2/h2-11,14-15H,12-13H2,1H3,(H,22,23,24);2*1-2H3. The molecule has 29 heavy (non-hydrogen) atoms. The van der Waals surface area contributed by atoms with Gasteiger partial charge in [0.25, 0.3) is 0 Å². The van der Waals surface area contributed by atoms with Crippen LogP contribution >= 0.6 is 11.3 Å². The molecular formula is C25H32N2OS. The summed E-state index contributed by atoms with van der Waals surface area (Å²) in [5, 5.41) is 3.72. The second kappa shape index (κ2) is 10.9. The first-order valence-corrected chi connectivity index (χ1v) is 11.4. The molecular weight excluding hydrogens is 376 g/mol. The third-order valence-electron chi connectivity index (χ3n) is 4.98. The van der Waals surface area contributed by atoms with Crippen molar-refractivity contribution in [3.63, 3.8) is 0 Å². The average Bonchev–Trinajstić information content (AvgIpc) is 3.50. The van der Waals surface area contributed by atoms with Crippen molar-refractivity contribution in [2.45, 2.75) is 58.8 Å². The maximum Gasteiger partial charge on any atom is 0.236 e. The van der Waals surface area contributed by atoms with Crippen LogP contribution in [0.15, 0.2) is 66.9 Å². The second-order valence-electron chi connectivity index (χ2n) is 6.60. The van der Waals surface area contributed by atoms with E-state index in [0.717, 1.165) is 23.3 Å². The molecule has 2 aromatic carbocycles. The molecule has 0 bridgehead atoms. The Morgan fingerprint density at radius 1 is 0.966 bits per heavy atom. The molecule has 1 N–H and O–H groups in total. The largest absolute Gasteiger partial charge is 0.301 e. The van der Waals surface area contributed by atoms with Crippen molar-refractivity contribution < 1.29 is 4.79 Å². The van der Waals surface area contributed by atoms with Crippen LogP contribution in [0.1, 0.15) is 69.4 Å². The Morgan fingerprint density at radius 3 is 2.07 bits per heavy atom. The molecule has 0 aliphatic heterocycles. The molecule has 1 aliphatic rings. The van der Waals surface area contributed by atoms with E-state index in [1.165, 1.54) is 5.56 Å². The molecule has 1 heterocycles. The Bertz CT molecular complexity index is 870. The van der Waals surface area contributed by atoms with Gasteiger partial charge in [-0.05, 0) is 24.0 Å². The summed E-state index contributed by atoms with van der Waals surface area (Å²) in [6.07, 6.45) is 3.68. The zero-order chi connectivity index (χ0) is 21.3. The molecule has 1 saturated carbocycles. The van der Waals surface area contributed by atoms with E-state index in [0.29, 0.717) is 5.13 Å². The molecule has 1 aliphatic carbocycles. The summed E-state index contributed by atoms with van der Waals surface area (Å²) in [5.74, 6) is 0.334. The first-order valence-electron chi connectivity index (χ1n) is 10.6. The molecule has 1 aromatic heterocycles. The molecule has 4 heteroatoms. The number of hydrogen-bond donors (Lipinski definition) is 1. The van der Waals surface area contributed by atoms with Crippen molar-refractivity contribution in [1.29, 1.82) is 0 Å². The van der Waals surface area contributed by atoms with E-state index in [2.05, 4.69) is 29.4 Å². The van der Waals surface area contributed by atoms with Crippen LogP contribution in [0.25, 0.3) is 0 Å². The summed E-state index contributed by atoms with van der Waals surface area (Å²) < 4.78 is 0. The number of amides is 1. The smallest absolute Gasteiger partial charge is 0.236 e. The van der Waals surface area contributed by atoms with Crippen molar-refractivity contribution in [3.05, 3.63) is 82.9 Å². The lowest BCUT2D eigenvalue weighted by Crippen LogP contribution is -2.27. The van der Waals surface area contributed by atoms with Crippen LogP contribution in [0.2, 0.25) is 0 Å². The van der Waals surface area contributed by atoms with Crippen LogP contribution in [-0.2, 0) is 10.2 Å². The van der Waals surface area contributed by atoms with Gasteiger partial charge in [-0.25, -0.2) is 4.98 Å². The maximum absolute atomic E-state index is 12.8. The summed E-state index contributed by atoms with van der Waals surface area (Å²) >= 11 is 1.56. The zero-order valence-electron chi connectivity index (χ0n) is 18.1. The third kappa shape index (κ3) is 5.33. The number of nitrogens with one attached hydrogen (secondary N) is 1. The molecule has 154 valence electrons. The van der Waals surface area contributed by atoms with Gasteiger partial charge in [-0.15, -0.1) is 11.3 Å². The SMILES string of the molecule is CC.CC.CC(c1ccccc1)c1cnc(NC(=O)C2(c3ccccc3)CC2)s1. The summed E-state index contributed by atoms with van der Waals surface area (Å²) in [5.41, 5.74) is 1.99. The van der Waals surface area contributed by atoms with Crippen molar-refractivity contribution in [2.24, 2.45) is 0 Å². The van der Waals surface area contributed by atoms with Crippen molar-refractivity contribution in [2.75, 3.05) is 5.32 Å². The van der Waals surface area contributed by atoms with Crippen LogP contribution < -0.4 is 5.32 Å². The fourth-order valence-corrected chi connectivity index (χ4v) is 4.09. The van der Waals surface area contributed by atoms with Crippen molar-refractivity contribution in [3.8, 4) is 0 Å². The van der Waals surface area contributed by atoms with Crippen molar-refractivity contribution >= 4 is 22.4 Å². The van der Waals surface area contributed by atoms with Gasteiger partial charge in [0.05, 0.1) is 5.41 Å². The normalized spacial score (nSPS) is 14.4. The van der Waals surface area contributed by atoms with Gasteiger partial charge in [-0.1, -0.05) is 95.3 Å². The number of aromatic nitrogens is 1. The predicted octanol–water partition coefficient (Wildman–Crippen LogP) is 7.02. The van der Waals surface area contributed by atoms with E-state index in [1.54, 1.807) is 11.3 Å². The number of rotatable bonds is 5. The third-order valence-corrected chi connectivity index (χ3v) is 6.08. The van der Waals surface area contributed by atoms with E-state index in [4.69, 9.17) is 0 Å². The highest BCUT2D eigenvalue weighted by Gasteiger charge is 2.51. The number of carbonyl (C=O) groups is 1. The Labute approximate surface area is 179 Å². The van der Waals surface area contributed by atoms with E-state index < -0.39 is 0 Å². The van der Waals surface area contributed by atoms with Crippen molar-refractivity contribution in [1.82, 2.24) is 4.98 Å². The number of hydrogen-bond acceptors (Lipinski definition) is 3. The molecule has 4 rings (SSSR count). The highest BCUT2D eigenvalue weighted by Crippen LogP contribution is 2.49. The summed E-state index contributed by atoms with van der Waals surface area (Å²) in [6.45, 7) is 10.2. The minimum Gasteiger partial charge on any atom is -0.301 e. The van der Waals surface area contributed by atoms with Crippen LogP contribution in [0.5, 0.6) is 0 Å². The number of thiazole rings is 1. The number of benzene rings is 2. The first-order chi connectivity index (χ1) is 14.2. The predicted molar refractivity (Wildman–Crippen MR) is 125 cm³/mol. The molecule has 3 aromatic rings. The van der Waals surface area contributed by atoms with E-state index in [-0.39, 0.29) is 17.2 Å². The number of nitrogens with zero attached hydrogens (tertiary/aromatic N) is 1. The molecule has 0 saturated heterocycles. The maximum atomic E-state index is 12.8. The minimum absolute atomic E-state index is 0.0620. The van der Waals surface area contributed by atoms with Gasteiger partial charge in [0.1, 0.15) is 0 Å². The Morgan fingerprint density at radius 2 is 1.52 bits per heavy atom. The summed E-state index contributed by atoms with van der Waals surface area (Å²) in [4.78, 5) is 18.4. The number of anilines is 1. The Hall–Kier alpha value is -2.46. The van der Waals surface area contributed by atoms with Crippen LogP contribution in [0.3, 0.4) is 0 Å². The molecule has 1 amide bonds. The average molecular weight is 409 g/mol. The lowest BCUT2D eigenvalue weighted by atomic mass is 9.95. The molecule has 3 nitrogen and oxygen atoms in total. The van der Waals surface area contributed by atoms with Gasteiger partial charge in [-0.2, -0.15) is 0 Å². The van der Waals surface area contributed by atoms with Crippen LogP contribution in [-0.4, -0.2) is 10.9 Å². The molecule has 0 radical (unpaired) electrons. The van der Waals surface area contributed by atoms with Gasteiger partial charge < -0.3 is 5.32 Å². The summed E-state index contributed by atoms with van der Waals surface area (Å²) in [7, 11) is 0. The van der Waals surface area contributed by atoms with E-state index in [9.17, 15) is 4.79 Å². The number of carbonyl (C=O) groups excluding carboxylic acids is 1. The first kappa shape index (κ1) is 22.8. The Kier molecular flexibility index (Phi) is 8.59. The second-order valence-corrected chi connectivity index (χ2v) is 7.66. The van der Waals surface area contributed by atoms with Crippen LogP contribution in [0.4, 0.5) is 5.13 Å². The van der Waals surface area contributed by atoms with E-state index >= 15 is 0 Å². The monoisotopic (exact) mass is 408 g/mol. The topological polar surface area (TPSA) is 42.0 Å². The van der Waals surface area contributed by atoms with Gasteiger partial charge in [0.2, 0.25) is 5.91 Å². The molecule has 1 atom stereocenters. The quantitative estimate of drug-likeness (QED) is 0.493. The van der Waals surface area contributed by atoms with Gasteiger partial charge in [0, 0.05) is 17.0 Å². The summed E-state index contributed by atoms with van der Waals surface area (Å²) in [6, 6.07) is 20.4. The van der Waals surface area contributed by atoms with Gasteiger partial charge in [-0.3, -0.25) is 4.79 Å². The molecule has 1 unspecified atom stereocenters. The van der Waals surface area contributed by atoms with Gasteiger partial charge in [0.15, 0.2) is 5.13 Å². The minimum atomic E-state index is -0.363. The highest BCUT2D eigenvalue weighted by molar-refractivity contribution is 7.15. The molecule has 1 fully saturated rings. The zero-order valence-corrected chi connectivity index (χ0v) is 18.9. The van der Waals surface area contributed by atoms with E-state index in [1.807, 2.05) is 82.4 Å². The Balaban J connectivity index is 0.000000707. The fraction of sp³-hybridized carbons (Fsp3) is 0.360. The van der Waals surface area contributed by atoms with Crippen LogP contribution in [0, 0.1) is 0 Å². The highest BCUT2D eigenvalue weighted by atomic mass is 32.1. The lowest BCUT2D eigenvalue weighted by molar-refractivity contribution is -0.118. The fourth-order valence-electron chi connectivity index (χ4n) is 3.20. The van der Waals surface area contributed by atoms with Gasteiger partial charge >= 0.3 is 0 Å². The lowest BCUT2D eigenvalue weighted by Gasteiger charge is -2.14.